The minimum atomic E-state index is -0.753. The molecule has 0 fully saturated rings. The van der Waals surface area contributed by atoms with E-state index in [0.29, 0.717) is 6.42 Å². The van der Waals surface area contributed by atoms with E-state index in [-0.39, 0.29) is 28.0 Å². The molecule has 1 aromatic carbocycles. The number of carbonyl (C=O) groups excluding carboxylic acids is 1. The molecule has 0 radical (unpaired) electrons. The molecular weight excluding hydrogens is 327 g/mol. The summed E-state index contributed by atoms with van der Waals surface area (Å²) in [5, 5.41) is 13.6. The summed E-state index contributed by atoms with van der Waals surface area (Å²) in [5.41, 5.74) is -0.907. The van der Waals surface area contributed by atoms with E-state index in [0.717, 1.165) is 6.07 Å². The van der Waals surface area contributed by atoms with Crippen molar-refractivity contribution < 1.29 is 9.72 Å². The molecule has 0 spiro atoms. The summed E-state index contributed by atoms with van der Waals surface area (Å²) in [4.78, 5) is 22.3. The van der Waals surface area contributed by atoms with Crippen LogP contribution in [0.15, 0.2) is 18.2 Å². The molecule has 8 heteroatoms. The molecule has 110 valence electrons. The van der Waals surface area contributed by atoms with Gasteiger partial charge in [-0.1, -0.05) is 18.5 Å². The molecule has 20 heavy (non-hydrogen) atoms. The number of non-ortho nitro benzene ring substituents is 1. The Labute approximate surface area is 131 Å². The standard InChI is InChI=1S/C12H13Cl3N2O3/c1-2-12(6-13,7-14)16-11(18)8-3-9(15)5-10(4-8)17(19)20/h3-5H,2,6-7H2,1H3,(H,16,18). The summed E-state index contributed by atoms with van der Waals surface area (Å²) in [6, 6.07) is 3.69. The minimum absolute atomic E-state index is 0.0947. The zero-order chi connectivity index (χ0) is 15.3. The second kappa shape index (κ2) is 7.11. The van der Waals surface area contributed by atoms with Crippen molar-refractivity contribution in [2.24, 2.45) is 0 Å². The van der Waals surface area contributed by atoms with Gasteiger partial charge in [0, 0.05) is 34.5 Å². The largest absolute Gasteiger partial charge is 0.344 e. The predicted molar refractivity (Wildman–Crippen MR) is 80.0 cm³/mol. The van der Waals surface area contributed by atoms with Crippen molar-refractivity contribution in [3.8, 4) is 0 Å². The van der Waals surface area contributed by atoms with Crippen LogP contribution in [0.25, 0.3) is 0 Å². The molecule has 0 heterocycles. The van der Waals surface area contributed by atoms with Crippen LogP contribution < -0.4 is 5.32 Å². The van der Waals surface area contributed by atoms with Crippen LogP contribution in [0.1, 0.15) is 23.7 Å². The van der Waals surface area contributed by atoms with Crippen molar-refractivity contribution in [1.29, 1.82) is 0 Å². The van der Waals surface area contributed by atoms with Gasteiger partial charge in [0.2, 0.25) is 0 Å². The van der Waals surface area contributed by atoms with Gasteiger partial charge in [-0.25, -0.2) is 0 Å². The smallest absolute Gasteiger partial charge is 0.271 e. The highest BCUT2D eigenvalue weighted by atomic mass is 35.5. The van der Waals surface area contributed by atoms with E-state index >= 15 is 0 Å². The number of rotatable bonds is 6. The number of halogens is 3. The fourth-order valence-electron chi connectivity index (χ4n) is 1.50. The van der Waals surface area contributed by atoms with Crippen LogP contribution in [-0.4, -0.2) is 28.1 Å². The molecule has 0 aromatic heterocycles. The van der Waals surface area contributed by atoms with E-state index < -0.39 is 16.4 Å². The number of alkyl halides is 2. The molecule has 0 saturated heterocycles. The number of nitrogens with zero attached hydrogens (tertiary/aromatic N) is 1. The summed E-state index contributed by atoms with van der Waals surface area (Å²) in [6.45, 7) is 1.84. The lowest BCUT2D eigenvalue weighted by molar-refractivity contribution is -0.384. The van der Waals surface area contributed by atoms with Gasteiger partial charge in [-0.05, 0) is 12.5 Å². The Kier molecular flexibility index (Phi) is 6.05. The third-order valence-electron chi connectivity index (χ3n) is 2.92. The lowest BCUT2D eigenvalue weighted by Crippen LogP contribution is -2.51. The molecule has 1 amide bonds. The first-order valence-corrected chi connectivity index (χ1v) is 7.21. The van der Waals surface area contributed by atoms with Gasteiger partial charge >= 0.3 is 0 Å². The first-order valence-electron chi connectivity index (χ1n) is 5.77. The van der Waals surface area contributed by atoms with Crippen molar-refractivity contribution in [2.45, 2.75) is 18.9 Å². The third-order valence-corrected chi connectivity index (χ3v) is 4.16. The Hall–Kier alpha value is -1.04. The van der Waals surface area contributed by atoms with Gasteiger partial charge in [0.1, 0.15) is 0 Å². The van der Waals surface area contributed by atoms with Gasteiger partial charge in [0.05, 0.1) is 10.5 Å². The van der Waals surface area contributed by atoms with Crippen molar-refractivity contribution in [2.75, 3.05) is 11.8 Å². The highest BCUT2D eigenvalue weighted by Gasteiger charge is 2.29. The maximum absolute atomic E-state index is 12.2. The number of hydrogen-bond donors (Lipinski definition) is 1. The molecule has 5 nitrogen and oxygen atoms in total. The molecule has 1 aromatic rings. The number of carbonyl (C=O) groups is 1. The van der Waals surface area contributed by atoms with Gasteiger partial charge < -0.3 is 5.32 Å². The first-order chi connectivity index (χ1) is 9.37. The molecule has 0 bridgehead atoms. The second-order valence-corrected chi connectivity index (χ2v) is 5.28. The SMILES string of the molecule is CCC(CCl)(CCl)NC(=O)c1cc(Cl)cc([N+](=O)[O-])c1. The number of nitro groups is 1. The lowest BCUT2D eigenvalue weighted by Gasteiger charge is -2.29. The molecule has 0 aliphatic heterocycles. The van der Waals surface area contributed by atoms with Crippen LogP contribution in [0.3, 0.4) is 0 Å². The summed E-state index contributed by atoms with van der Waals surface area (Å²) in [6.07, 6.45) is 0.536. The molecule has 0 unspecified atom stereocenters. The van der Waals surface area contributed by atoms with E-state index in [1.165, 1.54) is 12.1 Å². The van der Waals surface area contributed by atoms with Crippen LogP contribution in [0.4, 0.5) is 5.69 Å². The van der Waals surface area contributed by atoms with Gasteiger partial charge in [0.25, 0.3) is 11.6 Å². The highest BCUT2D eigenvalue weighted by Crippen LogP contribution is 2.22. The first kappa shape index (κ1) is 17.0. The normalized spacial score (nSPS) is 11.2. The van der Waals surface area contributed by atoms with Crippen LogP contribution in [0.2, 0.25) is 5.02 Å². The molecule has 1 N–H and O–H groups in total. The Bertz CT molecular complexity index is 510. The van der Waals surface area contributed by atoms with Gasteiger partial charge in [-0.3, -0.25) is 14.9 Å². The molecule has 0 aliphatic carbocycles. The average molecular weight is 340 g/mol. The monoisotopic (exact) mass is 338 g/mol. The number of amides is 1. The maximum Gasteiger partial charge on any atom is 0.271 e. The summed E-state index contributed by atoms with van der Waals surface area (Å²) in [7, 11) is 0. The molecule has 0 aliphatic rings. The number of nitrogens with one attached hydrogen (secondary N) is 1. The molecule has 0 saturated carbocycles. The van der Waals surface area contributed by atoms with Crippen molar-refractivity contribution >= 4 is 46.4 Å². The Morgan fingerprint density at radius 1 is 1.35 bits per heavy atom. The molecule has 0 atom stereocenters. The summed E-state index contributed by atoms with van der Waals surface area (Å²) >= 11 is 17.4. The van der Waals surface area contributed by atoms with Gasteiger partial charge in [-0.2, -0.15) is 0 Å². The molecule has 1 rings (SSSR count). The summed E-state index contributed by atoms with van der Waals surface area (Å²) in [5.74, 6) is -0.221. The number of hydrogen-bond acceptors (Lipinski definition) is 3. The second-order valence-electron chi connectivity index (χ2n) is 4.31. The maximum atomic E-state index is 12.2. The van der Waals surface area contributed by atoms with Crippen LogP contribution in [0.5, 0.6) is 0 Å². The zero-order valence-electron chi connectivity index (χ0n) is 10.7. The third kappa shape index (κ3) is 3.98. The summed E-state index contributed by atoms with van der Waals surface area (Å²) < 4.78 is 0. The van der Waals surface area contributed by atoms with Gasteiger partial charge in [-0.15, -0.1) is 23.2 Å². The quantitative estimate of drug-likeness (QED) is 0.489. The fraction of sp³-hybridized carbons (Fsp3) is 0.417. The Morgan fingerprint density at radius 2 is 1.95 bits per heavy atom. The van der Waals surface area contributed by atoms with E-state index in [2.05, 4.69) is 5.32 Å². The van der Waals surface area contributed by atoms with Crippen molar-refractivity contribution in [3.05, 3.63) is 38.9 Å². The topological polar surface area (TPSA) is 72.2 Å². The van der Waals surface area contributed by atoms with Crippen LogP contribution >= 0.6 is 34.8 Å². The fourth-order valence-corrected chi connectivity index (χ4v) is 2.53. The predicted octanol–water partition coefficient (Wildman–Crippen LogP) is 3.60. The van der Waals surface area contributed by atoms with E-state index in [1.54, 1.807) is 0 Å². The number of benzene rings is 1. The van der Waals surface area contributed by atoms with E-state index in [1.807, 2.05) is 6.92 Å². The van der Waals surface area contributed by atoms with E-state index in [4.69, 9.17) is 34.8 Å². The van der Waals surface area contributed by atoms with Crippen molar-refractivity contribution in [1.82, 2.24) is 5.32 Å². The highest BCUT2D eigenvalue weighted by molar-refractivity contribution is 6.31. The van der Waals surface area contributed by atoms with Crippen LogP contribution in [-0.2, 0) is 0 Å². The van der Waals surface area contributed by atoms with Gasteiger partial charge in [0.15, 0.2) is 0 Å². The number of nitro benzene ring substituents is 1. The van der Waals surface area contributed by atoms with Crippen molar-refractivity contribution in [3.63, 3.8) is 0 Å². The minimum Gasteiger partial charge on any atom is -0.344 e. The zero-order valence-corrected chi connectivity index (χ0v) is 12.9. The Balaban J connectivity index is 3.06. The average Bonchev–Trinajstić information content (AvgIpc) is 2.44. The molecular formula is C12H13Cl3N2O3. The Morgan fingerprint density at radius 3 is 2.40 bits per heavy atom. The van der Waals surface area contributed by atoms with E-state index in [9.17, 15) is 14.9 Å². The lowest BCUT2D eigenvalue weighted by atomic mass is 10.0. The van der Waals surface area contributed by atoms with Crippen LogP contribution in [0, 0.1) is 10.1 Å².